The van der Waals surface area contributed by atoms with Gasteiger partial charge >= 0.3 is 0 Å². The van der Waals surface area contributed by atoms with Gasteiger partial charge in [0.05, 0.1) is 0 Å². The first kappa shape index (κ1) is 18.2. The zero-order valence-corrected chi connectivity index (χ0v) is 12.4. The molecule has 0 radical (unpaired) electrons. The van der Waals surface area contributed by atoms with Gasteiger partial charge in [-0.15, -0.1) is 24.8 Å². The Balaban J connectivity index is 0.00000162. The maximum absolute atomic E-state index is 11.6. The molecule has 1 amide bonds. The molecule has 1 atom stereocenters. The minimum atomic E-state index is 0. The van der Waals surface area contributed by atoms with Crippen LogP contribution in [-0.4, -0.2) is 30.0 Å². The number of hydrogen-bond donors (Lipinski definition) is 2. The summed E-state index contributed by atoms with van der Waals surface area (Å²) in [4.78, 5) is 15.8. The Bertz CT molecular complexity index is 356. The van der Waals surface area contributed by atoms with Crippen LogP contribution in [0.25, 0.3) is 0 Å². The van der Waals surface area contributed by atoms with Crippen LogP contribution in [-0.2, 0) is 11.2 Å². The van der Waals surface area contributed by atoms with Crippen molar-refractivity contribution in [2.24, 2.45) is 0 Å². The van der Waals surface area contributed by atoms with E-state index in [4.69, 9.17) is 0 Å². The van der Waals surface area contributed by atoms with Crippen molar-refractivity contribution >= 4 is 30.7 Å². The topological polar surface area (TPSA) is 54.0 Å². The molecule has 1 saturated heterocycles. The summed E-state index contributed by atoms with van der Waals surface area (Å²) < 4.78 is 0. The fourth-order valence-electron chi connectivity index (χ4n) is 2.10. The SMILES string of the molecule is Cl.Cl.O=C(CC1CCCN1)NCCc1ccccn1. The number of nitrogens with zero attached hydrogens (tertiary/aromatic N) is 1. The summed E-state index contributed by atoms with van der Waals surface area (Å²) in [6.07, 6.45) is 5.48. The number of carbonyl (C=O) groups excluding carboxylic acids is 1. The number of hydrogen-bond acceptors (Lipinski definition) is 3. The summed E-state index contributed by atoms with van der Waals surface area (Å²) in [5.41, 5.74) is 1.02. The largest absolute Gasteiger partial charge is 0.356 e. The molecule has 6 heteroatoms. The zero-order chi connectivity index (χ0) is 11.9. The van der Waals surface area contributed by atoms with Crippen molar-refractivity contribution in [3.8, 4) is 0 Å². The second-order valence-corrected chi connectivity index (χ2v) is 4.42. The monoisotopic (exact) mass is 305 g/mol. The van der Waals surface area contributed by atoms with Gasteiger partial charge in [0.1, 0.15) is 0 Å². The Morgan fingerprint density at radius 3 is 2.89 bits per heavy atom. The van der Waals surface area contributed by atoms with E-state index in [1.807, 2.05) is 18.2 Å². The van der Waals surface area contributed by atoms with E-state index < -0.39 is 0 Å². The highest BCUT2D eigenvalue weighted by Crippen LogP contribution is 2.08. The molecule has 1 aromatic rings. The Kier molecular flexibility index (Phi) is 9.57. The van der Waals surface area contributed by atoms with E-state index in [2.05, 4.69) is 15.6 Å². The van der Waals surface area contributed by atoms with Crippen LogP contribution in [0, 0.1) is 0 Å². The van der Waals surface area contributed by atoms with Gasteiger partial charge in [0.25, 0.3) is 0 Å². The maximum atomic E-state index is 11.6. The van der Waals surface area contributed by atoms with Crippen LogP contribution in [0.5, 0.6) is 0 Å². The van der Waals surface area contributed by atoms with Gasteiger partial charge in [0.15, 0.2) is 0 Å². The summed E-state index contributed by atoms with van der Waals surface area (Å²) in [5, 5.41) is 6.26. The highest BCUT2D eigenvalue weighted by molar-refractivity contribution is 5.85. The summed E-state index contributed by atoms with van der Waals surface area (Å²) in [7, 11) is 0. The lowest BCUT2D eigenvalue weighted by Crippen LogP contribution is -2.32. The van der Waals surface area contributed by atoms with Gasteiger partial charge in [-0.3, -0.25) is 9.78 Å². The number of amides is 1. The molecule has 2 rings (SSSR count). The predicted octanol–water partition coefficient (Wildman–Crippen LogP) is 1.73. The molecule has 0 bridgehead atoms. The van der Waals surface area contributed by atoms with E-state index >= 15 is 0 Å². The maximum Gasteiger partial charge on any atom is 0.221 e. The van der Waals surface area contributed by atoms with E-state index in [1.54, 1.807) is 6.20 Å². The molecular formula is C13H21Cl2N3O. The summed E-state index contributed by atoms with van der Waals surface area (Å²) in [6, 6.07) is 6.22. The summed E-state index contributed by atoms with van der Waals surface area (Å²) in [5.74, 6) is 0.139. The zero-order valence-electron chi connectivity index (χ0n) is 10.8. The van der Waals surface area contributed by atoms with Crippen molar-refractivity contribution < 1.29 is 4.79 Å². The summed E-state index contributed by atoms with van der Waals surface area (Å²) in [6.45, 7) is 1.72. The molecule has 19 heavy (non-hydrogen) atoms. The lowest BCUT2D eigenvalue weighted by atomic mass is 10.1. The van der Waals surface area contributed by atoms with Gasteiger partial charge in [-0.2, -0.15) is 0 Å². The average Bonchev–Trinajstić information content (AvgIpc) is 2.83. The van der Waals surface area contributed by atoms with Gasteiger partial charge in [-0.25, -0.2) is 0 Å². The molecule has 1 fully saturated rings. The van der Waals surface area contributed by atoms with Gasteiger partial charge < -0.3 is 10.6 Å². The minimum absolute atomic E-state index is 0. The Labute approximate surface area is 126 Å². The first-order valence-corrected chi connectivity index (χ1v) is 6.24. The van der Waals surface area contributed by atoms with E-state index in [0.29, 0.717) is 19.0 Å². The number of rotatable bonds is 5. The summed E-state index contributed by atoms with van der Waals surface area (Å²) >= 11 is 0. The predicted molar refractivity (Wildman–Crippen MR) is 81.1 cm³/mol. The van der Waals surface area contributed by atoms with Crippen LogP contribution in [0.3, 0.4) is 0 Å². The first-order valence-electron chi connectivity index (χ1n) is 6.24. The Morgan fingerprint density at radius 1 is 1.42 bits per heavy atom. The average molecular weight is 306 g/mol. The molecule has 1 unspecified atom stereocenters. The molecule has 0 aliphatic carbocycles. The molecule has 1 aliphatic heterocycles. The molecule has 0 aromatic carbocycles. The molecule has 2 heterocycles. The molecule has 0 saturated carbocycles. The number of aromatic nitrogens is 1. The number of nitrogens with one attached hydrogen (secondary N) is 2. The Morgan fingerprint density at radius 2 is 2.26 bits per heavy atom. The molecule has 1 aromatic heterocycles. The standard InChI is InChI=1S/C13H19N3O.2ClH/c17-13(10-12-5-3-8-15-12)16-9-6-11-4-1-2-7-14-11;;/h1-2,4,7,12,15H,3,5-6,8-10H2,(H,16,17);2*1H. The van der Waals surface area contributed by atoms with Crippen LogP contribution in [0.15, 0.2) is 24.4 Å². The van der Waals surface area contributed by atoms with Crippen LogP contribution in [0.1, 0.15) is 25.0 Å². The Hall–Kier alpha value is -0.840. The highest BCUT2D eigenvalue weighted by atomic mass is 35.5. The van der Waals surface area contributed by atoms with Gasteiger partial charge in [-0.05, 0) is 31.5 Å². The first-order chi connectivity index (χ1) is 8.34. The highest BCUT2D eigenvalue weighted by Gasteiger charge is 2.16. The van der Waals surface area contributed by atoms with Crippen molar-refractivity contribution in [1.82, 2.24) is 15.6 Å². The second-order valence-electron chi connectivity index (χ2n) is 4.42. The van der Waals surface area contributed by atoms with E-state index in [9.17, 15) is 4.79 Å². The third-order valence-electron chi connectivity index (χ3n) is 3.02. The van der Waals surface area contributed by atoms with E-state index in [0.717, 1.165) is 25.1 Å². The van der Waals surface area contributed by atoms with Crippen molar-refractivity contribution in [2.75, 3.05) is 13.1 Å². The lowest BCUT2D eigenvalue weighted by molar-refractivity contribution is -0.121. The normalized spacial score (nSPS) is 17.2. The quantitative estimate of drug-likeness (QED) is 0.871. The van der Waals surface area contributed by atoms with Crippen molar-refractivity contribution in [3.05, 3.63) is 30.1 Å². The smallest absolute Gasteiger partial charge is 0.221 e. The fraction of sp³-hybridized carbons (Fsp3) is 0.538. The van der Waals surface area contributed by atoms with Crippen molar-refractivity contribution in [2.45, 2.75) is 31.7 Å². The number of carbonyl (C=O) groups is 1. The molecule has 108 valence electrons. The van der Waals surface area contributed by atoms with Crippen LogP contribution in [0.4, 0.5) is 0 Å². The number of halogens is 2. The van der Waals surface area contributed by atoms with Crippen molar-refractivity contribution in [3.63, 3.8) is 0 Å². The lowest BCUT2D eigenvalue weighted by Gasteiger charge is -2.10. The van der Waals surface area contributed by atoms with Gasteiger partial charge in [0.2, 0.25) is 5.91 Å². The van der Waals surface area contributed by atoms with E-state index in [-0.39, 0.29) is 30.7 Å². The molecule has 4 nitrogen and oxygen atoms in total. The molecule has 2 N–H and O–H groups in total. The minimum Gasteiger partial charge on any atom is -0.356 e. The van der Waals surface area contributed by atoms with Gasteiger partial charge in [0, 0.05) is 37.3 Å². The third kappa shape index (κ3) is 6.76. The molecule has 0 spiro atoms. The third-order valence-corrected chi connectivity index (χ3v) is 3.02. The van der Waals surface area contributed by atoms with Gasteiger partial charge in [-0.1, -0.05) is 6.07 Å². The molecular weight excluding hydrogens is 285 g/mol. The molecule has 1 aliphatic rings. The van der Waals surface area contributed by atoms with E-state index in [1.165, 1.54) is 6.42 Å². The van der Waals surface area contributed by atoms with Crippen LogP contribution >= 0.6 is 24.8 Å². The number of pyridine rings is 1. The van der Waals surface area contributed by atoms with Crippen LogP contribution in [0.2, 0.25) is 0 Å². The van der Waals surface area contributed by atoms with Crippen molar-refractivity contribution in [1.29, 1.82) is 0 Å². The van der Waals surface area contributed by atoms with Crippen LogP contribution < -0.4 is 10.6 Å². The fourth-order valence-corrected chi connectivity index (χ4v) is 2.10. The second kappa shape index (κ2) is 10.0.